The largest absolute Gasteiger partial charge is 0.373 e. The molecule has 1 saturated carbocycles. The third kappa shape index (κ3) is 1.67. The molecule has 5 heteroatoms. The molecule has 0 radical (unpaired) electrons. The van der Waals surface area contributed by atoms with Gasteiger partial charge in [-0.05, 0) is 25.0 Å². The zero-order valence-electron chi connectivity index (χ0n) is 9.95. The van der Waals surface area contributed by atoms with Gasteiger partial charge in [-0.3, -0.25) is 0 Å². The molecule has 0 aliphatic heterocycles. The highest BCUT2D eigenvalue weighted by molar-refractivity contribution is 5.73. The Kier molecular flexibility index (Phi) is 2.29. The van der Waals surface area contributed by atoms with E-state index in [2.05, 4.69) is 20.3 Å². The first-order valence-corrected chi connectivity index (χ1v) is 6.05. The van der Waals surface area contributed by atoms with Crippen molar-refractivity contribution in [2.75, 3.05) is 12.4 Å². The first-order valence-electron chi connectivity index (χ1n) is 6.05. The highest BCUT2D eigenvalue weighted by Crippen LogP contribution is 2.35. The van der Waals surface area contributed by atoms with Crippen LogP contribution in [0.5, 0.6) is 0 Å². The van der Waals surface area contributed by atoms with Crippen LogP contribution < -0.4 is 11.1 Å². The van der Waals surface area contributed by atoms with Crippen molar-refractivity contribution in [3.63, 3.8) is 0 Å². The highest BCUT2D eigenvalue weighted by Gasteiger charge is 2.34. The average Bonchev–Trinajstić information content (AvgIpc) is 2.94. The molecule has 2 aromatic rings. The Morgan fingerprint density at radius 3 is 2.76 bits per heavy atom. The van der Waals surface area contributed by atoms with Gasteiger partial charge in [0.25, 0.3) is 0 Å². The molecule has 0 bridgehead atoms. The summed E-state index contributed by atoms with van der Waals surface area (Å²) in [6.07, 6.45) is 4.38. The summed E-state index contributed by atoms with van der Waals surface area (Å²) in [4.78, 5) is 12.3. The summed E-state index contributed by atoms with van der Waals surface area (Å²) in [6, 6.07) is 3.92. The van der Waals surface area contributed by atoms with Gasteiger partial charge in [-0.15, -0.1) is 0 Å². The van der Waals surface area contributed by atoms with Gasteiger partial charge in [-0.1, -0.05) is 12.8 Å². The second kappa shape index (κ2) is 3.70. The fraction of sp³-hybridized carbons (Fsp3) is 0.500. The quantitative estimate of drug-likeness (QED) is 0.735. The van der Waals surface area contributed by atoms with Crippen LogP contribution in [0.3, 0.4) is 0 Å². The number of fused-ring (bicyclic) bond motifs is 1. The van der Waals surface area contributed by atoms with Gasteiger partial charge < -0.3 is 16.0 Å². The third-order valence-corrected chi connectivity index (χ3v) is 3.57. The second-order valence-corrected chi connectivity index (χ2v) is 4.77. The molecule has 90 valence electrons. The molecule has 2 heterocycles. The van der Waals surface area contributed by atoms with E-state index in [9.17, 15) is 0 Å². The summed E-state index contributed by atoms with van der Waals surface area (Å²) < 4.78 is 0. The summed E-state index contributed by atoms with van der Waals surface area (Å²) in [6.45, 7) is 0. The van der Waals surface area contributed by atoms with Crippen LogP contribution in [-0.4, -0.2) is 22.0 Å². The molecule has 0 saturated heterocycles. The molecule has 0 aromatic carbocycles. The first kappa shape index (κ1) is 10.5. The number of pyridine rings is 1. The van der Waals surface area contributed by atoms with E-state index in [1.165, 1.54) is 12.8 Å². The molecule has 0 atom stereocenters. The van der Waals surface area contributed by atoms with E-state index in [-0.39, 0.29) is 5.54 Å². The Hall–Kier alpha value is -1.62. The SMILES string of the molecule is CNc1ccc2[nH]c(C3(N)CCCC3)nc2n1. The predicted molar refractivity (Wildman–Crippen MR) is 67.8 cm³/mol. The van der Waals surface area contributed by atoms with Crippen LogP contribution in [0, 0.1) is 0 Å². The van der Waals surface area contributed by atoms with Gasteiger partial charge in [0, 0.05) is 7.05 Å². The van der Waals surface area contributed by atoms with E-state index in [1.807, 2.05) is 19.2 Å². The number of nitrogens with two attached hydrogens (primary N) is 1. The minimum absolute atomic E-state index is 0.277. The summed E-state index contributed by atoms with van der Waals surface area (Å²) >= 11 is 0. The molecule has 3 rings (SSSR count). The summed E-state index contributed by atoms with van der Waals surface area (Å²) in [7, 11) is 1.85. The maximum Gasteiger partial charge on any atom is 0.179 e. The monoisotopic (exact) mass is 231 g/mol. The van der Waals surface area contributed by atoms with E-state index < -0.39 is 0 Å². The number of nitrogens with one attached hydrogen (secondary N) is 2. The van der Waals surface area contributed by atoms with E-state index in [0.717, 1.165) is 35.6 Å². The van der Waals surface area contributed by atoms with E-state index in [4.69, 9.17) is 5.73 Å². The normalized spacial score (nSPS) is 18.7. The Balaban J connectivity index is 2.07. The lowest BCUT2D eigenvalue weighted by Gasteiger charge is -2.19. The molecule has 1 fully saturated rings. The number of aromatic amines is 1. The van der Waals surface area contributed by atoms with Crippen molar-refractivity contribution in [1.82, 2.24) is 15.0 Å². The second-order valence-electron chi connectivity index (χ2n) is 4.77. The summed E-state index contributed by atoms with van der Waals surface area (Å²) in [5.41, 5.74) is 7.79. The van der Waals surface area contributed by atoms with Gasteiger partial charge in [0.2, 0.25) is 0 Å². The van der Waals surface area contributed by atoms with Crippen molar-refractivity contribution in [2.24, 2.45) is 5.73 Å². The van der Waals surface area contributed by atoms with Gasteiger partial charge in [0.15, 0.2) is 5.65 Å². The van der Waals surface area contributed by atoms with Crippen LogP contribution in [0.2, 0.25) is 0 Å². The number of nitrogens with zero attached hydrogens (tertiary/aromatic N) is 2. The number of hydrogen-bond donors (Lipinski definition) is 3. The van der Waals surface area contributed by atoms with Crippen LogP contribution in [0.1, 0.15) is 31.5 Å². The minimum atomic E-state index is -0.277. The summed E-state index contributed by atoms with van der Waals surface area (Å²) in [5.74, 6) is 1.71. The molecule has 0 unspecified atom stereocenters. The van der Waals surface area contributed by atoms with Crippen LogP contribution in [0.25, 0.3) is 11.2 Å². The molecule has 0 amide bonds. The maximum atomic E-state index is 6.38. The number of anilines is 1. The molecule has 17 heavy (non-hydrogen) atoms. The standard InChI is InChI=1S/C12H17N5/c1-14-9-5-4-8-10(16-9)17-11(15-8)12(13)6-2-3-7-12/h4-5H,2-3,6-7,13H2,1H3,(H2,14,15,16,17). The number of imidazole rings is 1. The molecule has 0 spiro atoms. The van der Waals surface area contributed by atoms with Crippen LogP contribution in [0.15, 0.2) is 12.1 Å². The fourth-order valence-corrected chi connectivity index (χ4v) is 2.51. The fourth-order valence-electron chi connectivity index (χ4n) is 2.51. The van der Waals surface area contributed by atoms with Crippen molar-refractivity contribution in [2.45, 2.75) is 31.2 Å². The molecule has 5 nitrogen and oxygen atoms in total. The minimum Gasteiger partial charge on any atom is -0.373 e. The smallest absolute Gasteiger partial charge is 0.179 e. The Morgan fingerprint density at radius 2 is 2.06 bits per heavy atom. The van der Waals surface area contributed by atoms with E-state index in [1.54, 1.807) is 0 Å². The average molecular weight is 231 g/mol. The lowest BCUT2D eigenvalue weighted by molar-refractivity contribution is 0.437. The number of aromatic nitrogens is 3. The van der Waals surface area contributed by atoms with Crippen molar-refractivity contribution < 1.29 is 0 Å². The van der Waals surface area contributed by atoms with Crippen molar-refractivity contribution in [1.29, 1.82) is 0 Å². The molecular formula is C12H17N5. The Morgan fingerprint density at radius 1 is 1.29 bits per heavy atom. The number of H-pyrrole nitrogens is 1. The van der Waals surface area contributed by atoms with Crippen molar-refractivity contribution >= 4 is 17.0 Å². The lowest BCUT2D eigenvalue weighted by atomic mass is 9.99. The van der Waals surface area contributed by atoms with E-state index in [0.29, 0.717) is 0 Å². The van der Waals surface area contributed by atoms with Gasteiger partial charge in [-0.25, -0.2) is 9.97 Å². The van der Waals surface area contributed by atoms with Crippen molar-refractivity contribution in [3.05, 3.63) is 18.0 Å². The predicted octanol–water partition coefficient (Wildman–Crippen LogP) is 1.73. The van der Waals surface area contributed by atoms with Gasteiger partial charge >= 0.3 is 0 Å². The van der Waals surface area contributed by atoms with Gasteiger partial charge in [0.05, 0.1) is 11.1 Å². The Bertz CT molecular complexity index is 539. The molecule has 4 N–H and O–H groups in total. The lowest BCUT2D eigenvalue weighted by Crippen LogP contribution is -2.34. The molecule has 1 aliphatic rings. The van der Waals surface area contributed by atoms with Crippen molar-refractivity contribution in [3.8, 4) is 0 Å². The van der Waals surface area contributed by atoms with Gasteiger partial charge in [-0.2, -0.15) is 0 Å². The highest BCUT2D eigenvalue weighted by atomic mass is 15.1. The Labute approximate surface area is 99.8 Å². The molecule has 1 aliphatic carbocycles. The van der Waals surface area contributed by atoms with Crippen LogP contribution in [-0.2, 0) is 5.54 Å². The first-order chi connectivity index (χ1) is 8.21. The number of rotatable bonds is 2. The maximum absolute atomic E-state index is 6.38. The third-order valence-electron chi connectivity index (χ3n) is 3.57. The number of hydrogen-bond acceptors (Lipinski definition) is 4. The van der Waals surface area contributed by atoms with E-state index >= 15 is 0 Å². The zero-order chi connectivity index (χ0) is 11.9. The summed E-state index contributed by atoms with van der Waals surface area (Å²) in [5, 5.41) is 3.01. The van der Waals surface area contributed by atoms with Crippen LogP contribution >= 0.6 is 0 Å². The van der Waals surface area contributed by atoms with Crippen LogP contribution in [0.4, 0.5) is 5.82 Å². The molecular weight excluding hydrogens is 214 g/mol. The van der Waals surface area contributed by atoms with Gasteiger partial charge in [0.1, 0.15) is 11.6 Å². The topological polar surface area (TPSA) is 79.6 Å². The zero-order valence-corrected chi connectivity index (χ0v) is 9.95. The molecule has 2 aromatic heterocycles.